The van der Waals surface area contributed by atoms with Crippen LogP contribution < -0.4 is 0 Å². The van der Waals surface area contributed by atoms with E-state index in [4.69, 9.17) is 0 Å². The largest absolute Gasteiger partial charge is 0.310 e. The van der Waals surface area contributed by atoms with E-state index in [0.717, 1.165) is 6.29 Å². The van der Waals surface area contributed by atoms with Crippen LogP contribution in [0.25, 0.3) is 0 Å². The SMILES string of the molecule is Cn1ncc([N+](=O)[O-])c1CCC=O. The molecule has 1 aromatic heterocycles. The summed E-state index contributed by atoms with van der Waals surface area (Å²) >= 11 is 0. The van der Waals surface area contributed by atoms with Gasteiger partial charge in [0, 0.05) is 19.9 Å². The van der Waals surface area contributed by atoms with Gasteiger partial charge in [-0.15, -0.1) is 0 Å². The van der Waals surface area contributed by atoms with Gasteiger partial charge in [0.1, 0.15) is 18.2 Å². The van der Waals surface area contributed by atoms with Crippen molar-refractivity contribution in [3.8, 4) is 0 Å². The van der Waals surface area contributed by atoms with Crippen molar-refractivity contribution in [3.05, 3.63) is 22.0 Å². The summed E-state index contributed by atoms with van der Waals surface area (Å²) in [4.78, 5) is 20.1. The lowest BCUT2D eigenvalue weighted by atomic mass is 10.2. The Kier molecular flexibility index (Phi) is 2.73. The summed E-state index contributed by atoms with van der Waals surface area (Å²) in [5.74, 6) is 0. The molecule has 0 unspecified atom stereocenters. The number of carbonyl (C=O) groups is 1. The number of aromatic nitrogens is 2. The molecule has 0 N–H and O–H groups in total. The molecular formula is C7H9N3O3. The zero-order valence-corrected chi connectivity index (χ0v) is 7.14. The predicted octanol–water partition coefficient (Wildman–Crippen LogP) is 0.460. The molecule has 0 aliphatic heterocycles. The Morgan fingerprint density at radius 1 is 1.77 bits per heavy atom. The molecular weight excluding hydrogens is 174 g/mol. The third-order valence-electron chi connectivity index (χ3n) is 1.74. The van der Waals surface area contributed by atoms with E-state index < -0.39 is 4.92 Å². The highest BCUT2D eigenvalue weighted by molar-refractivity contribution is 5.50. The van der Waals surface area contributed by atoms with Crippen molar-refractivity contribution in [2.24, 2.45) is 7.05 Å². The Morgan fingerprint density at radius 3 is 3.00 bits per heavy atom. The van der Waals surface area contributed by atoms with Gasteiger partial charge < -0.3 is 4.79 Å². The number of aldehydes is 1. The molecule has 0 saturated heterocycles. The summed E-state index contributed by atoms with van der Waals surface area (Å²) in [7, 11) is 1.62. The van der Waals surface area contributed by atoms with Gasteiger partial charge in [0.25, 0.3) is 0 Å². The van der Waals surface area contributed by atoms with E-state index >= 15 is 0 Å². The minimum atomic E-state index is -0.493. The first-order valence-electron chi connectivity index (χ1n) is 3.75. The summed E-state index contributed by atoms with van der Waals surface area (Å²) in [6.45, 7) is 0. The van der Waals surface area contributed by atoms with E-state index in [1.165, 1.54) is 10.9 Å². The van der Waals surface area contributed by atoms with Crippen molar-refractivity contribution in [3.63, 3.8) is 0 Å². The van der Waals surface area contributed by atoms with E-state index in [-0.39, 0.29) is 12.1 Å². The van der Waals surface area contributed by atoms with Crippen molar-refractivity contribution < 1.29 is 9.72 Å². The molecule has 0 saturated carbocycles. The highest BCUT2D eigenvalue weighted by atomic mass is 16.6. The van der Waals surface area contributed by atoms with Crippen LogP contribution >= 0.6 is 0 Å². The van der Waals surface area contributed by atoms with Crippen LogP contribution in [0.2, 0.25) is 0 Å². The fraction of sp³-hybridized carbons (Fsp3) is 0.429. The van der Waals surface area contributed by atoms with Crippen LogP contribution in [-0.4, -0.2) is 21.0 Å². The fourth-order valence-corrected chi connectivity index (χ4v) is 1.09. The lowest BCUT2D eigenvalue weighted by molar-refractivity contribution is -0.385. The first-order chi connectivity index (χ1) is 6.16. The average molecular weight is 183 g/mol. The van der Waals surface area contributed by atoms with Gasteiger partial charge in [0.15, 0.2) is 0 Å². The third kappa shape index (κ3) is 1.90. The lowest BCUT2D eigenvalue weighted by Gasteiger charge is -1.96. The molecule has 6 nitrogen and oxygen atoms in total. The number of hydrogen-bond donors (Lipinski definition) is 0. The molecule has 0 spiro atoms. The molecule has 0 radical (unpaired) electrons. The van der Waals surface area contributed by atoms with Crippen LogP contribution in [0.5, 0.6) is 0 Å². The van der Waals surface area contributed by atoms with E-state index in [1.54, 1.807) is 7.05 Å². The maximum atomic E-state index is 10.5. The molecule has 13 heavy (non-hydrogen) atoms. The molecule has 0 bridgehead atoms. The number of rotatable bonds is 4. The molecule has 70 valence electrons. The zero-order valence-electron chi connectivity index (χ0n) is 7.14. The van der Waals surface area contributed by atoms with Crippen molar-refractivity contribution >= 4 is 12.0 Å². The average Bonchev–Trinajstić information content (AvgIpc) is 2.43. The molecule has 0 aromatic carbocycles. The number of nitro groups is 1. The topological polar surface area (TPSA) is 78.0 Å². The number of aryl methyl sites for hydroxylation is 1. The van der Waals surface area contributed by atoms with Gasteiger partial charge in [-0.2, -0.15) is 5.10 Å². The maximum absolute atomic E-state index is 10.5. The number of hydrogen-bond acceptors (Lipinski definition) is 4. The summed E-state index contributed by atoms with van der Waals surface area (Å²) in [5.41, 5.74) is 0.460. The molecule has 0 fully saturated rings. The van der Waals surface area contributed by atoms with Crippen LogP contribution in [0.3, 0.4) is 0 Å². The molecule has 6 heteroatoms. The van der Waals surface area contributed by atoms with Gasteiger partial charge >= 0.3 is 5.69 Å². The van der Waals surface area contributed by atoms with Gasteiger partial charge in [-0.05, 0) is 0 Å². The Balaban J connectivity index is 2.94. The van der Waals surface area contributed by atoms with E-state index in [9.17, 15) is 14.9 Å². The summed E-state index contributed by atoms with van der Waals surface area (Å²) in [6.07, 6.45) is 2.56. The van der Waals surface area contributed by atoms with Gasteiger partial charge in [-0.25, -0.2) is 0 Å². The molecule has 0 amide bonds. The van der Waals surface area contributed by atoms with Crippen molar-refractivity contribution in [1.29, 1.82) is 0 Å². The van der Waals surface area contributed by atoms with E-state index in [1.807, 2.05) is 0 Å². The first kappa shape index (κ1) is 9.37. The predicted molar refractivity (Wildman–Crippen MR) is 44.2 cm³/mol. The number of nitrogens with zero attached hydrogens (tertiary/aromatic N) is 3. The molecule has 0 aliphatic rings. The van der Waals surface area contributed by atoms with Crippen LogP contribution in [-0.2, 0) is 18.3 Å². The highest BCUT2D eigenvalue weighted by Gasteiger charge is 2.17. The second-order valence-electron chi connectivity index (χ2n) is 2.56. The highest BCUT2D eigenvalue weighted by Crippen LogP contribution is 2.17. The fourth-order valence-electron chi connectivity index (χ4n) is 1.09. The smallest absolute Gasteiger partial charge is 0.303 e. The standard InChI is InChI=1S/C7H9N3O3/c1-9-6(3-2-4-11)7(5-8-9)10(12)13/h4-5H,2-3H2,1H3. The van der Waals surface area contributed by atoms with Gasteiger partial charge in [0.2, 0.25) is 0 Å². The van der Waals surface area contributed by atoms with Crippen molar-refractivity contribution in [2.75, 3.05) is 0 Å². The third-order valence-corrected chi connectivity index (χ3v) is 1.74. The Hall–Kier alpha value is -1.72. The molecule has 0 atom stereocenters. The second kappa shape index (κ2) is 3.79. The molecule has 1 aromatic rings. The van der Waals surface area contributed by atoms with E-state index in [0.29, 0.717) is 12.1 Å². The van der Waals surface area contributed by atoms with Crippen LogP contribution in [0, 0.1) is 10.1 Å². The Morgan fingerprint density at radius 2 is 2.46 bits per heavy atom. The summed E-state index contributed by atoms with van der Waals surface area (Å²) in [5, 5.41) is 14.2. The monoisotopic (exact) mass is 183 g/mol. The molecule has 0 aliphatic carbocycles. The van der Waals surface area contributed by atoms with Crippen LogP contribution in [0.1, 0.15) is 12.1 Å². The minimum absolute atomic E-state index is 0.0237. The summed E-state index contributed by atoms with van der Waals surface area (Å²) < 4.78 is 1.42. The minimum Gasteiger partial charge on any atom is -0.303 e. The quantitative estimate of drug-likeness (QED) is 0.386. The van der Waals surface area contributed by atoms with Gasteiger partial charge in [-0.3, -0.25) is 14.8 Å². The van der Waals surface area contributed by atoms with Crippen LogP contribution in [0.15, 0.2) is 6.20 Å². The molecule has 1 heterocycles. The second-order valence-corrected chi connectivity index (χ2v) is 2.56. The zero-order chi connectivity index (χ0) is 9.84. The van der Waals surface area contributed by atoms with Gasteiger partial charge in [-0.1, -0.05) is 0 Å². The lowest BCUT2D eigenvalue weighted by Crippen LogP contribution is -2.01. The van der Waals surface area contributed by atoms with Crippen molar-refractivity contribution in [2.45, 2.75) is 12.8 Å². The van der Waals surface area contributed by atoms with Crippen LogP contribution in [0.4, 0.5) is 5.69 Å². The summed E-state index contributed by atoms with van der Waals surface area (Å²) in [6, 6.07) is 0. The molecule has 1 rings (SSSR count). The van der Waals surface area contributed by atoms with E-state index in [2.05, 4.69) is 5.10 Å². The number of carbonyl (C=O) groups excluding carboxylic acids is 1. The van der Waals surface area contributed by atoms with Crippen molar-refractivity contribution in [1.82, 2.24) is 9.78 Å². The first-order valence-corrected chi connectivity index (χ1v) is 3.75. The Labute approximate surface area is 74.3 Å². The van der Waals surface area contributed by atoms with Gasteiger partial charge in [0.05, 0.1) is 4.92 Å². The Bertz CT molecular complexity index is 332. The normalized spacial score (nSPS) is 9.92. The maximum Gasteiger partial charge on any atom is 0.310 e.